The van der Waals surface area contributed by atoms with Crippen molar-refractivity contribution in [3.05, 3.63) is 54.2 Å². The molecule has 3 aromatic rings. The molecule has 0 amide bonds. The molecule has 0 saturated heterocycles. The number of furan rings is 1. The average molecular weight is 283 g/mol. The molecule has 0 bridgehead atoms. The number of aromatic nitrogens is 2. The summed E-state index contributed by atoms with van der Waals surface area (Å²) in [6, 6.07) is 12.5. The topological polar surface area (TPSA) is 43.0 Å². The smallest absolute Gasteiger partial charge is 0.120 e. The molecule has 4 heteroatoms. The summed E-state index contributed by atoms with van der Waals surface area (Å²) in [5.74, 6) is 2.06. The standard InChI is InChI=1S/C17H21N3O/c1-3-14(17-9-6-12-21-17)18-10-11-20-13(2)19-15-7-4-5-8-16(15)20/h4-9,12,14,18H,3,10-11H2,1-2H3. The van der Waals surface area contributed by atoms with Crippen molar-refractivity contribution in [2.75, 3.05) is 6.54 Å². The number of para-hydroxylation sites is 2. The van der Waals surface area contributed by atoms with E-state index in [1.54, 1.807) is 6.26 Å². The fourth-order valence-electron chi connectivity index (χ4n) is 2.76. The van der Waals surface area contributed by atoms with E-state index in [2.05, 4.69) is 46.9 Å². The molecule has 1 atom stereocenters. The van der Waals surface area contributed by atoms with Gasteiger partial charge in [0.2, 0.25) is 0 Å². The van der Waals surface area contributed by atoms with E-state index in [4.69, 9.17) is 4.42 Å². The summed E-state index contributed by atoms with van der Waals surface area (Å²) >= 11 is 0. The van der Waals surface area contributed by atoms with Crippen LogP contribution >= 0.6 is 0 Å². The Bertz CT molecular complexity index is 700. The van der Waals surface area contributed by atoms with Gasteiger partial charge < -0.3 is 14.3 Å². The van der Waals surface area contributed by atoms with Gasteiger partial charge in [0.25, 0.3) is 0 Å². The number of hydrogen-bond acceptors (Lipinski definition) is 3. The Morgan fingerprint density at radius 3 is 2.86 bits per heavy atom. The summed E-state index contributed by atoms with van der Waals surface area (Å²) in [5, 5.41) is 3.56. The fraction of sp³-hybridized carbons (Fsp3) is 0.353. The first-order valence-corrected chi connectivity index (χ1v) is 7.48. The number of benzene rings is 1. The van der Waals surface area contributed by atoms with Crippen LogP contribution in [0.4, 0.5) is 0 Å². The zero-order valence-electron chi connectivity index (χ0n) is 12.5. The van der Waals surface area contributed by atoms with Crippen LogP contribution in [0.2, 0.25) is 0 Å². The Hall–Kier alpha value is -2.07. The molecule has 0 radical (unpaired) electrons. The lowest BCUT2D eigenvalue weighted by atomic mass is 10.2. The van der Waals surface area contributed by atoms with Crippen LogP contribution in [0.3, 0.4) is 0 Å². The number of nitrogens with one attached hydrogen (secondary N) is 1. The Balaban J connectivity index is 1.68. The van der Waals surface area contributed by atoms with E-state index < -0.39 is 0 Å². The molecule has 110 valence electrons. The van der Waals surface area contributed by atoms with Gasteiger partial charge in [0.15, 0.2) is 0 Å². The summed E-state index contributed by atoms with van der Waals surface area (Å²) in [6.45, 7) is 6.02. The predicted molar refractivity (Wildman–Crippen MR) is 84.2 cm³/mol. The minimum atomic E-state index is 0.273. The van der Waals surface area contributed by atoms with Crippen molar-refractivity contribution in [1.82, 2.24) is 14.9 Å². The molecule has 0 aliphatic carbocycles. The fourth-order valence-corrected chi connectivity index (χ4v) is 2.76. The SMILES string of the molecule is CCC(NCCn1c(C)nc2ccccc21)c1ccco1. The maximum atomic E-state index is 5.49. The monoisotopic (exact) mass is 283 g/mol. The lowest BCUT2D eigenvalue weighted by Gasteiger charge is -2.15. The molecule has 0 spiro atoms. The molecule has 0 aliphatic rings. The second-order valence-corrected chi connectivity index (χ2v) is 5.23. The number of aryl methyl sites for hydroxylation is 1. The normalized spacial score (nSPS) is 12.9. The van der Waals surface area contributed by atoms with Gasteiger partial charge in [0, 0.05) is 13.1 Å². The van der Waals surface area contributed by atoms with Crippen molar-refractivity contribution in [1.29, 1.82) is 0 Å². The Morgan fingerprint density at radius 1 is 1.24 bits per heavy atom. The first-order chi connectivity index (χ1) is 10.3. The van der Waals surface area contributed by atoms with Gasteiger partial charge in [0.1, 0.15) is 11.6 Å². The van der Waals surface area contributed by atoms with Crippen LogP contribution in [-0.4, -0.2) is 16.1 Å². The molecule has 4 nitrogen and oxygen atoms in total. The molecule has 2 aromatic heterocycles. The molecule has 21 heavy (non-hydrogen) atoms. The van der Waals surface area contributed by atoms with E-state index in [1.165, 1.54) is 5.52 Å². The Kier molecular flexibility index (Phi) is 4.06. The van der Waals surface area contributed by atoms with Crippen LogP contribution < -0.4 is 5.32 Å². The summed E-state index contributed by atoms with van der Waals surface area (Å²) in [6.07, 6.45) is 2.74. The largest absolute Gasteiger partial charge is 0.468 e. The zero-order valence-corrected chi connectivity index (χ0v) is 12.5. The summed E-state index contributed by atoms with van der Waals surface area (Å²) < 4.78 is 7.75. The average Bonchev–Trinajstić information content (AvgIpc) is 3.12. The van der Waals surface area contributed by atoms with E-state index in [1.807, 2.05) is 18.2 Å². The number of nitrogens with zero attached hydrogens (tertiary/aromatic N) is 2. The molecular weight excluding hydrogens is 262 g/mol. The number of imidazole rings is 1. The van der Waals surface area contributed by atoms with Crippen molar-refractivity contribution in [3.63, 3.8) is 0 Å². The second kappa shape index (κ2) is 6.14. The van der Waals surface area contributed by atoms with E-state index in [0.29, 0.717) is 0 Å². The molecule has 0 saturated carbocycles. The van der Waals surface area contributed by atoms with Crippen molar-refractivity contribution in [3.8, 4) is 0 Å². The minimum Gasteiger partial charge on any atom is -0.468 e. The maximum absolute atomic E-state index is 5.49. The van der Waals surface area contributed by atoms with E-state index in [9.17, 15) is 0 Å². The lowest BCUT2D eigenvalue weighted by Crippen LogP contribution is -2.25. The molecule has 3 rings (SSSR count). The molecule has 0 fully saturated rings. The quantitative estimate of drug-likeness (QED) is 0.750. The van der Waals surface area contributed by atoms with Crippen LogP contribution in [0.15, 0.2) is 47.1 Å². The van der Waals surface area contributed by atoms with Crippen molar-refractivity contribution in [2.24, 2.45) is 0 Å². The highest BCUT2D eigenvalue weighted by Gasteiger charge is 2.12. The molecule has 0 aliphatic heterocycles. The third-order valence-electron chi connectivity index (χ3n) is 3.87. The minimum absolute atomic E-state index is 0.273. The van der Waals surface area contributed by atoms with Gasteiger partial charge in [-0.15, -0.1) is 0 Å². The number of rotatable bonds is 6. The van der Waals surface area contributed by atoms with Gasteiger partial charge in [-0.3, -0.25) is 0 Å². The molecule has 1 unspecified atom stereocenters. The molecule has 2 heterocycles. The molecule has 1 aromatic carbocycles. The maximum Gasteiger partial charge on any atom is 0.120 e. The van der Waals surface area contributed by atoms with Crippen LogP contribution in [-0.2, 0) is 6.54 Å². The first kappa shape index (κ1) is 13.9. The van der Waals surface area contributed by atoms with Crippen LogP contribution in [0.1, 0.15) is 31.0 Å². The van der Waals surface area contributed by atoms with Crippen LogP contribution in [0.5, 0.6) is 0 Å². The van der Waals surface area contributed by atoms with Crippen molar-refractivity contribution >= 4 is 11.0 Å². The predicted octanol–water partition coefficient (Wildman–Crippen LogP) is 3.68. The lowest BCUT2D eigenvalue weighted by molar-refractivity contribution is 0.398. The Morgan fingerprint density at radius 2 is 2.10 bits per heavy atom. The Labute approximate surface area is 124 Å². The van der Waals surface area contributed by atoms with Crippen molar-refractivity contribution in [2.45, 2.75) is 32.9 Å². The summed E-state index contributed by atoms with van der Waals surface area (Å²) in [5.41, 5.74) is 2.26. The van der Waals surface area contributed by atoms with Gasteiger partial charge in [0.05, 0.1) is 23.3 Å². The first-order valence-electron chi connectivity index (χ1n) is 7.48. The highest BCUT2D eigenvalue weighted by molar-refractivity contribution is 5.75. The van der Waals surface area contributed by atoms with Gasteiger partial charge in [-0.05, 0) is 37.6 Å². The third kappa shape index (κ3) is 2.85. The van der Waals surface area contributed by atoms with E-state index >= 15 is 0 Å². The van der Waals surface area contributed by atoms with Crippen molar-refractivity contribution < 1.29 is 4.42 Å². The third-order valence-corrected chi connectivity index (χ3v) is 3.87. The van der Waals surface area contributed by atoms with Gasteiger partial charge in [-0.1, -0.05) is 19.1 Å². The van der Waals surface area contributed by atoms with Crippen LogP contribution in [0.25, 0.3) is 11.0 Å². The highest BCUT2D eigenvalue weighted by Crippen LogP contribution is 2.18. The number of hydrogen-bond donors (Lipinski definition) is 1. The molecule has 1 N–H and O–H groups in total. The van der Waals surface area contributed by atoms with E-state index in [0.717, 1.165) is 36.6 Å². The van der Waals surface area contributed by atoms with Gasteiger partial charge in [-0.25, -0.2) is 4.98 Å². The highest BCUT2D eigenvalue weighted by atomic mass is 16.3. The second-order valence-electron chi connectivity index (χ2n) is 5.23. The van der Waals surface area contributed by atoms with Gasteiger partial charge in [-0.2, -0.15) is 0 Å². The summed E-state index contributed by atoms with van der Waals surface area (Å²) in [7, 11) is 0. The van der Waals surface area contributed by atoms with Crippen LogP contribution in [0, 0.1) is 6.92 Å². The van der Waals surface area contributed by atoms with E-state index in [-0.39, 0.29) is 6.04 Å². The van der Waals surface area contributed by atoms with Gasteiger partial charge >= 0.3 is 0 Å². The zero-order chi connectivity index (χ0) is 14.7. The molecular formula is C17H21N3O. The number of fused-ring (bicyclic) bond motifs is 1. The summed E-state index contributed by atoms with van der Waals surface area (Å²) in [4.78, 5) is 4.60.